The van der Waals surface area contributed by atoms with E-state index in [2.05, 4.69) is 37.6 Å². The lowest BCUT2D eigenvalue weighted by Crippen LogP contribution is -2.53. The summed E-state index contributed by atoms with van der Waals surface area (Å²) in [6.07, 6.45) is 4.65. The highest BCUT2D eigenvalue weighted by Gasteiger charge is 2.25. The maximum absolute atomic E-state index is 5.81. The normalized spacial score (nSPS) is 18.3. The summed E-state index contributed by atoms with van der Waals surface area (Å²) >= 11 is 8.70. The zero-order valence-corrected chi connectivity index (χ0v) is 13.5. The van der Waals surface area contributed by atoms with Gasteiger partial charge in [0.05, 0.1) is 21.2 Å². The SMILES string of the molecule is CCC(C(N)=S)N1CCN(c2ccncc2Br)CC1. The van der Waals surface area contributed by atoms with Crippen molar-refractivity contribution in [1.82, 2.24) is 9.88 Å². The molecular weight excluding hydrogens is 324 g/mol. The van der Waals surface area contributed by atoms with Crippen LogP contribution in [0.1, 0.15) is 13.3 Å². The lowest BCUT2D eigenvalue weighted by atomic mass is 10.1. The standard InChI is InChI=1S/C13H19BrN4S/c1-2-11(13(15)19)17-5-7-18(8-6-17)12-3-4-16-9-10(12)14/h3-4,9,11H,2,5-8H2,1H3,(H2,15,19). The number of rotatable bonds is 4. The lowest BCUT2D eigenvalue weighted by molar-refractivity contribution is 0.224. The molecule has 1 unspecified atom stereocenters. The van der Waals surface area contributed by atoms with E-state index in [4.69, 9.17) is 18.0 Å². The molecule has 0 aromatic carbocycles. The van der Waals surface area contributed by atoms with Crippen LogP contribution in [0.5, 0.6) is 0 Å². The second-order valence-corrected chi connectivity index (χ2v) is 6.00. The minimum atomic E-state index is 0.234. The molecule has 2 N–H and O–H groups in total. The van der Waals surface area contributed by atoms with Gasteiger partial charge in [-0.05, 0) is 28.4 Å². The average Bonchev–Trinajstić information content (AvgIpc) is 2.41. The van der Waals surface area contributed by atoms with Gasteiger partial charge in [0, 0.05) is 38.6 Å². The van der Waals surface area contributed by atoms with Crippen LogP contribution in [0, 0.1) is 0 Å². The molecule has 1 atom stereocenters. The first-order valence-corrected chi connectivity index (χ1v) is 7.71. The summed E-state index contributed by atoms with van der Waals surface area (Å²) in [5, 5.41) is 0. The van der Waals surface area contributed by atoms with Crippen LogP contribution in [0.4, 0.5) is 5.69 Å². The van der Waals surface area contributed by atoms with Gasteiger partial charge >= 0.3 is 0 Å². The van der Waals surface area contributed by atoms with Gasteiger partial charge in [-0.2, -0.15) is 0 Å². The Bertz CT molecular complexity index is 446. The molecule has 2 rings (SSSR count). The number of nitrogens with zero attached hydrogens (tertiary/aromatic N) is 3. The minimum Gasteiger partial charge on any atom is -0.392 e. The number of aromatic nitrogens is 1. The van der Waals surface area contributed by atoms with Gasteiger partial charge in [0.25, 0.3) is 0 Å². The summed E-state index contributed by atoms with van der Waals surface area (Å²) in [6, 6.07) is 2.28. The van der Waals surface area contributed by atoms with Crippen molar-refractivity contribution in [2.75, 3.05) is 31.1 Å². The Hall–Kier alpha value is -0.720. The predicted octanol–water partition coefficient (Wildman–Crippen LogP) is 2.03. The Balaban J connectivity index is 2.00. The van der Waals surface area contributed by atoms with Crippen LogP contribution in [0.3, 0.4) is 0 Å². The van der Waals surface area contributed by atoms with Crippen molar-refractivity contribution in [3.05, 3.63) is 22.9 Å². The van der Waals surface area contributed by atoms with Gasteiger partial charge < -0.3 is 10.6 Å². The largest absolute Gasteiger partial charge is 0.392 e. The predicted molar refractivity (Wildman–Crippen MR) is 86.6 cm³/mol. The molecule has 104 valence electrons. The van der Waals surface area contributed by atoms with E-state index in [0.717, 1.165) is 37.1 Å². The Labute approximate surface area is 128 Å². The number of halogens is 1. The molecule has 0 spiro atoms. The van der Waals surface area contributed by atoms with E-state index in [0.29, 0.717) is 4.99 Å². The molecule has 0 aliphatic carbocycles. The van der Waals surface area contributed by atoms with Gasteiger partial charge in [0.15, 0.2) is 0 Å². The van der Waals surface area contributed by atoms with E-state index >= 15 is 0 Å². The van der Waals surface area contributed by atoms with Crippen LogP contribution in [-0.2, 0) is 0 Å². The maximum Gasteiger partial charge on any atom is 0.0901 e. The summed E-state index contributed by atoms with van der Waals surface area (Å²) < 4.78 is 1.05. The molecule has 1 aromatic rings. The summed E-state index contributed by atoms with van der Waals surface area (Å²) in [5.41, 5.74) is 7.01. The molecule has 6 heteroatoms. The first kappa shape index (κ1) is 14.7. The minimum absolute atomic E-state index is 0.234. The van der Waals surface area contributed by atoms with E-state index in [1.807, 2.05) is 18.5 Å². The molecule has 19 heavy (non-hydrogen) atoms. The number of hydrogen-bond acceptors (Lipinski definition) is 4. The molecule has 1 saturated heterocycles. The average molecular weight is 343 g/mol. The smallest absolute Gasteiger partial charge is 0.0901 e. The van der Waals surface area contributed by atoms with Crippen LogP contribution in [0.15, 0.2) is 22.9 Å². The summed E-state index contributed by atoms with van der Waals surface area (Å²) in [4.78, 5) is 9.47. The molecule has 0 radical (unpaired) electrons. The second kappa shape index (κ2) is 6.63. The number of hydrogen-bond donors (Lipinski definition) is 1. The molecular formula is C13H19BrN4S. The van der Waals surface area contributed by atoms with Crippen molar-refractivity contribution >= 4 is 38.8 Å². The van der Waals surface area contributed by atoms with Gasteiger partial charge in [0.1, 0.15) is 0 Å². The molecule has 1 fully saturated rings. The van der Waals surface area contributed by atoms with Crippen LogP contribution < -0.4 is 10.6 Å². The quantitative estimate of drug-likeness (QED) is 0.848. The Kier molecular flexibility index (Phi) is 5.13. The fourth-order valence-electron chi connectivity index (χ4n) is 2.54. The fraction of sp³-hybridized carbons (Fsp3) is 0.538. The zero-order valence-electron chi connectivity index (χ0n) is 11.1. The maximum atomic E-state index is 5.81. The van der Waals surface area contributed by atoms with Crippen molar-refractivity contribution in [1.29, 1.82) is 0 Å². The third-order valence-electron chi connectivity index (χ3n) is 3.56. The Morgan fingerprint density at radius 1 is 1.47 bits per heavy atom. The highest BCUT2D eigenvalue weighted by atomic mass is 79.9. The highest BCUT2D eigenvalue weighted by Crippen LogP contribution is 2.26. The van der Waals surface area contributed by atoms with Gasteiger partial charge in [-0.25, -0.2) is 0 Å². The molecule has 1 aliphatic rings. The Morgan fingerprint density at radius 3 is 2.68 bits per heavy atom. The van der Waals surface area contributed by atoms with Gasteiger partial charge in [0.2, 0.25) is 0 Å². The van der Waals surface area contributed by atoms with Gasteiger partial charge in [-0.3, -0.25) is 9.88 Å². The number of anilines is 1. The monoisotopic (exact) mass is 342 g/mol. The van der Waals surface area contributed by atoms with Gasteiger partial charge in [-0.15, -0.1) is 0 Å². The topological polar surface area (TPSA) is 45.4 Å². The van der Waals surface area contributed by atoms with Crippen molar-refractivity contribution in [3.63, 3.8) is 0 Å². The number of pyridine rings is 1. The van der Waals surface area contributed by atoms with E-state index in [1.165, 1.54) is 5.69 Å². The third kappa shape index (κ3) is 3.43. The molecule has 0 amide bonds. The van der Waals surface area contributed by atoms with E-state index in [9.17, 15) is 0 Å². The van der Waals surface area contributed by atoms with Crippen molar-refractivity contribution in [2.45, 2.75) is 19.4 Å². The summed E-state index contributed by atoms with van der Waals surface area (Å²) in [7, 11) is 0. The first-order valence-electron chi connectivity index (χ1n) is 6.51. The number of nitrogens with two attached hydrogens (primary N) is 1. The second-order valence-electron chi connectivity index (χ2n) is 4.68. The van der Waals surface area contributed by atoms with E-state index < -0.39 is 0 Å². The van der Waals surface area contributed by atoms with Crippen molar-refractivity contribution < 1.29 is 0 Å². The summed E-state index contributed by atoms with van der Waals surface area (Å²) in [6.45, 7) is 6.09. The third-order valence-corrected chi connectivity index (χ3v) is 4.44. The van der Waals surface area contributed by atoms with Crippen LogP contribution in [-0.4, -0.2) is 47.1 Å². The molecule has 1 aromatic heterocycles. The number of thiocarbonyl (C=S) groups is 1. The van der Waals surface area contributed by atoms with Crippen molar-refractivity contribution in [2.24, 2.45) is 5.73 Å². The highest BCUT2D eigenvalue weighted by molar-refractivity contribution is 9.10. The van der Waals surface area contributed by atoms with Crippen LogP contribution >= 0.6 is 28.1 Å². The van der Waals surface area contributed by atoms with E-state index in [1.54, 1.807) is 0 Å². The first-order chi connectivity index (χ1) is 9.13. The zero-order chi connectivity index (χ0) is 13.8. The Morgan fingerprint density at radius 2 is 2.16 bits per heavy atom. The number of piperazine rings is 1. The van der Waals surface area contributed by atoms with E-state index in [-0.39, 0.29) is 6.04 Å². The molecule has 2 heterocycles. The molecule has 1 aliphatic heterocycles. The van der Waals surface area contributed by atoms with Crippen LogP contribution in [0.25, 0.3) is 0 Å². The molecule has 0 bridgehead atoms. The van der Waals surface area contributed by atoms with Crippen LogP contribution in [0.2, 0.25) is 0 Å². The van der Waals surface area contributed by atoms with Gasteiger partial charge in [-0.1, -0.05) is 19.1 Å². The molecule has 0 saturated carbocycles. The fourth-order valence-corrected chi connectivity index (χ4v) is 3.36. The lowest BCUT2D eigenvalue weighted by Gasteiger charge is -2.39. The summed E-state index contributed by atoms with van der Waals surface area (Å²) in [5.74, 6) is 0. The molecule has 4 nitrogen and oxygen atoms in total. The van der Waals surface area contributed by atoms with Crippen molar-refractivity contribution in [3.8, 4) is 0 Å².